The molecule has 7 nitrogen and oxygen atoms in total. The fourth-order valence-electron chi connectivity index (χ4n) is 3.53. The molecule has 2 amide bonds. The van der Waals surface area contributed by atoms with Gasteiger partial charge in [0.25, 0.3) is 17.6 Å². The smallest absolute Gasteiger partial charge is 0.298 e. The number of aromatic nitrogens is 1. The van der Waals surface area contributed by atoms with E-state index in [9.17, 15) is 27.6 Å². The van der Waals surface area contributed by atoms with Gasteiger partial charge in [0.2, 0.25) is 0 Å². The Bertz CT molecular complexity index is 1200. The first-order valence-electron chi connectivity index (χ1n) is 9.61. The van der Waals surface area contributed by atoms with Gasteiger partial charge < -0.3 is 15.2 Å². The third-order valence-electron chi connectivity index (χ3n) is 5.14. The van der Waals surface area contributed by atoms with Crippen LogP contribution < -0.4 is 10.6 Å². The van der Waals surface area contributed by atoms with Crippen LogP contribution >= 0.6 is 0 Å². The lowest BCUT2D eigenvalue weighted by Gasteiger charge is -2.20. The van der Waals surface area contributed by atoms with Crippen LogP contribution in [-0.2, 0) is 11.8 Å². The van der Waals surface area contributed by atoms with Crippen molar-refractivity contribution < 1.29 is 27.6 Å². The molecular weight excluding hydrogens is 425 g/mol. The van der Waals surface area contributed by atoms with Gasteiger partial charge in [-0.25, -0.2) is 13.2 Å². The predicted octanol–water partition coefficient (Wildman–Crippen LogP) is 3.52. The Kier molecular flexibility index (Phi) is 6.07. The van der Waals surface area contributed by atoms with Crippen LogP contribution in [-0.4, -0.2) is 34.0 Å². The van der Waals surface area contributed by atoms with Gasteiger partial charge in [-0.2, -0.15) is 0 Å². The van der Waals surface area contributed by atoms with Crippen molar-refractivity contribution in [3.05, 3.63) is 64.2 Å². The summed E-state index contributed by atoms with van der Waals surface area (Å²) < 4.78 is 42.0. The molecule has 0 aliphatic carbocycles. The van der Waals surface area contributed by atoms with E-state index in [1.165, 1.54) is 31.7 Å². The third-order valence-corrected chi connectivity index (χ3v) is 5.14. The number of allylic oxidation sites excluding steroid dienone is 1. The van der Waals surface area contributed by atoms with Gasteiger partial charge in [-0.05, 0) is 38.5 Å². The molecule has 1 aromatic carbocycles. The highest BCUT2D eigenvalue weighted by atomic mass is 19.2. The van der Waals surface area contributed by atoms with E-state index in [1.807, 2.05) is 0 Å². The average Bonchev–Trinajstić information content (AvgIpc) is 2.92. The summed E-state index contributed by atoms with van der Waals surface area (Å²) in [5.74, 6) is -4.88. The van der Waals surface area contributed by atoms with Crippen LogP contribution in [0.3, 0.4) is 0 Å². The lowest BCUT2D eigenvalue weighted by molar-refractivity contribution is -0.112. The largest absolute Gasteiger partial charge is 0.344 e. The first-order valence-corrected chi connectivity index (χ1v) is 9.61. The van der Waals surface area contributed by atoms with Crippen molar-refractivity contribution in [1.29, 1.82) is 0 Å². The number of Topliss-reactive ketones (excluding diaryl/α,β-unsaturated/α-hetero) is 1. The molecule has 0 saturated carbocycles. The van der Waals surface area contributed by atoms with Crippen LogP contribution in [0.4, 0.5) is 18.9 Å². The van der Waals surface area contributed by atoms with Crippen LogP contribution in [0.15, 0.2) is 35.1 Å². The van der Waals surface area contributed by atoms with Gasteiger partial charge in [0.05, 0.1) is 11.3 Å². The van der Waals surface area contributed by atoms with E-state index in [1.54, 1.807) is 6.92 Å². The number of anilines is 1. The Morgan fingerprint density at radius 3 is 2.44 bits per heavy atom. The van der Waals surface area contributed by atoms with Crippen molar-refractivity contribution in [2.24, 2.45) is 12.0 Å². The number of carbonyl (C=O) groups excluding carboxylic acids is 3. The Hall–Kier alpha value is -3.69. The SMILES string of the molecule is Cc1c(C(=O)NC2=CN=CC(C)(F)C2)c(C)n(C)c1C(=O)C(=O)Nc1ccc(F)c(F)c1. The molecule has 168 valence electrons. The van der Waals surface area contributed by atoms with Crippen LogP contribution in [0.2, 0.25) is 0 Å². The van der Waals surface area contributed by atoms with Gasteiger partial charge in [0.1, 0.15) is 5.67 Å². The second-order valence-electron chi connectivity index (χ2n) is 7.75. The fourth-order valence-corrected chi connectivity index (χ4v) is 3.53. The number of rotatable bonds is 5. The summed E-state index contributed by atoms with van der Waals surface area (Å²) in [4.78, 5) is 41.9. The summed E-state index contributed by atoms with van der Waals surface area (Å²) in [5, 5.41) is 4.82. The Morgan fingerprint density at radius 1 is 1.12 bits per heavy atom. The quantitative estimate of drug-likeness (QED) is 0.544. The number of hydrogen-bond donors (Lipinski definition) is 2. The van der Waals surface area contributed by atoms with Gasteiger partial charge in [-0.3, -0.25) is 19.4 Å². The van der Waals surface area contributed by atoms with Crippen molar-refractivity contribution in [1.82, 2.24) is 9.88 Å². The van der Waals surface area contributed by atoms with E-state index in [-0.39, 0.29) is 34.6 Å². The summed E-state index contributed by atoms with van der Waals surface area (Å²) >= 11 is 0. The average molecular weight is 446 g/mol. The van der Waals surface area contributed by atoms with Gasteiger partial charge in [-0.15, -0.1) is 0 Å². The Morgan fingerprint density at radius 2 is 1.81 bits per heavy atom. The number of aliphatic imine (C=N–C) groups is 1. The molecule has 1 aliphatic heterocycles. The molecule has 2 aromatic rings. The second kappa shape index (κ2) is 8.45. The highest BCUT2D eigenvalue weighted by molar-refractivity contribution is 6.46. The number of ketones is 1. The molecule has 0 fully saturated rings. The number of amides is 2. The maximum absolute atomic E-state index is 14.1. The van der Waals surface area contributed by atoms with Crippen molar-refractivity contribution in [2.45, 2.75) is 32.9 Å². The van der Waals surface area contributed by atoms with Crippen LogP contribution in [0.25, 0.3) is 0 Å². The van der Waals surface area contributed by atoms with Crippen molar-refractivity contribution >= 4 is 29.5 Å². The van der Waals surface area contributed by atoms with Crippen LogP contribution in [0, 0.1) is 25.5 Å². The molecular formula is C22H21F3N4O3. The number of alkyl halides is 1. The minimum atomic E-state index is -1.70. The zero-order valence-corrected chi connectivity index (χ0v) is 17.8. The molecule has 2 heterocycles. The molecule has 0 saturated heterocycles. The molecule has 2 N–H and O–H groups in total. The van der Waals surface area contributed by atoms with E-state index in [2.05, 4.69) is 15.6 Å². The number of halogens is 3. The first kappa shape index (κ1) is 23.0. The number of nitrogens with one attached hydrogen (secondary N) is 2. The standard InChI is InChI=1S/C22H21F3N4O3/c1-11-17(20(31)28-14-8-22(3,25)10-26-9-14)12(2)29(4)18(11)19(30)21(32)27-13-5-6-15(23)16(24)7-13/h5-7,9-10H,8H2,1-4H3,(H,27,32)(H,28,31). The maximum atomic E-state index is 14.1. The zero-order valence-electron chi connectivity index (χ0n) is 17.8. The summed E-state index contributed by atoms with van der Waals surface area (Å²) in [5.41, 5.74) is -0.747. The topological polar surface area (TPSA) is 92.6 Å². The fraction of sp³-hybridized carbons (Fsp3) is 0.273. The monoisotopic (exact) mass is 446 g/mol. The molecule has 1 unspecified atom stereocenters. The van der Waals surface area contributed by atoms with Crippen molar-refractivity contribution in [3.63, 3.8) is 0 Å². The molecule has 1 aliphatic rings. The molecule has 0 radical (unpaired) electrons. The summed E-state index contributed by atoms with van der Waals surface area (Å²) in [7, 11) is 1.51. The Balaban J connectivity index is 1.85. The van der Waals surface area contributed by atoms with Gasteiger partial charge in [0.15, 0.2) is 11.6 Å². The maximum Gasteiger partial charge on any atom is 0.298 e. The predicted molar refractivity (Wildman–Crippen MR) is 112 cm³/mol. The van der Waals surface area contributed by atoms with Crippen LogP contribution in [0.5, 0.6) is 0 Å². The van der Waals surface area contributed by atoms with Crippen molar-refractivity contribution in [3.8, 4) is 0 Å². The highest BCUT2D eigenvalue weighted by Gasteiger charge is 2.30. The summed E-state index contributed by atoms with van der Waals surface area (Å²) in [6.07, 6.45) is 2.41. The molecule has 1 atom stereocenters. The van der Waals surface area contributed by atoms with E-state index in [0.29, 0.717) is 5.69 Å². The van der Waals surface area contributed by atoms with E-state index < -0.39 is 34.9 Å². The lowest BCUT2D eigenvalue weighted by Crippen LogP contribution is -2.31. The molecule has 1 aromatic heterocycles. The van der Waals surface area contributed by atoms with Gasteiger partial charge in [-0.1, -0.05) is 0 Å². The lowest BCUT2D eigenvalue weighted by atomic mass is 10.0. The first-order chi connectivity index (χ1) is 14.9. The molecule has 3 rings (SSSR count). The van der Waals surface area contributed by atoms with Gasteiger partial charge >= 0.3 is 0 Å². The minimum absolute atomic E-state index is 0.0429. The zero-order chi connectivity index (χ0) is 23.8. The second-order valence-corrected chi connectivity index (χ2v) is 7.75. The third kappa shape index (κ3) is 4.48. The van der Waals surface area contributed by atoms with Crippen molar-refractivity contribution in [2.75, 3.05) is 5.32 Å². The summed E-state index contributed by atoms with van der Waals surface area (Å²) in [6.45, 7) is 4.43. The minimum Gasteiger partial charge on any atom is -0.344 e. The molecule has 10 heteroatoms. The van der Waals surface area contributed by atoms with E-state index in [0.717, 1.165) is 24.4 Å². The van der Waals surface area contributed by atoms with Gasteiger partial charge in [0, 0.05) is 49.0 Å². The normalized spacial score (nSPS) is 17.7. The molecule has 0 bridgehead atoms. The van der Waals surface area contributed by atoms with E-state index >= 15 is 0 Å². The number of carbonyl (C=O) groups is 3. The summed E-state index contributed by atoms with van der Waals surface area (Å²) in [6, 6.07) is 2.69. The molecule has 32 heavy (non-hydrogen) atoms. The van der Waals surface area contributed by atoms with Crippen LogP contribution in [0.1, 0.15) is 45.4 Å². The Labute approximate surface area is 182 Å². The number of hydrogen-bond acceptors (Lipinski definition) is 4. The number of nitrogens with zero attached hydrogens (tertiary/aromatic N) is 2. The number of benzene rings is 1. The highest BCUT2D eigenvalue weighted by Crippen LogP contribution is 2.25. The molecule has 0 spiro atoms. The van der Waals surface area contributed by atoms with E-state index in [4.69, 9.17) is 0 Å².